The number of aliphatic hydroxyl groups excluding tert-OH is 1. The number of rotatable bonds is 0. The predicted molar refractivity (Wildman–Crippen MR) is 47.5 cm³/mol. The second-order valence-electron chi connectivity index (χ2n) is 3.47. The van der Waals surface area contributed by atoms with E-state index in [1.54, 1.807) is 6.07 Å². The SMILES string of the molecule is N[C@@H]1CC[C@@H](O)c2ccc(F)cc21. The Bertz CT molecular complexity index is 327. The van der Waals surface area contributed by atoms with E-state index < -0.39 is 6.10 Å². The summed E-state index contributed by atoms with van der Waals surface area (Å²) in [6.45, 7) is 0. The molecule has 2 nitrogen and oxygen atoms in total. The van der Waals surface area contributed by atoms with Crippen molar-refractivity contribution >= 4 is 0 Å². The van der Waals surface area contributed by atoms with Crippen molar-refractivity contribution in [3.8, 4) is 0 Å². The predicted octanol–water partition coefficient (Wildman–Crippen LogP) is 1.65. The van der Waals surface area contributed by atoms with Crippen LogP contribution < -0.4 is 5.73 Å². The molecule has 1 aromatic carbocycles. The van der Waals surface area contributed by atoms with Crippen LogP contribution in [0.1, 0.15) is 36.1 Å². The van der Waals surface area contributed by atoms with Crippen LogP contribution in [0.15, 0.2) is 18.2 Å². The molecule has 1 aliphatic rings. The fourth-order valence-electron chi connectivity index (χ4n) is 1.82. The molecule has 1 aliphatic carbocycles. The van der Waals surface area contributed by atoms with Crippen LogP contribution >= 0.6 is 0 Å². The quantitative estimate of drug-likeness (QED) is 0.639. The normalized spacial score (nSPS) is 27.0. The number of fused-ring (bicyclic) bond motifs is 1. The topological polar surface area (TPSA) is 46.2 Å². The first kappa shape index (κ1) is 8.66. The van der Waals surface area contributed by atoms with Crippen molar-refractivity contribution in [3.63, 3.8) is 0 Å². The van der Waals surface area contributed by atoms with Crippen LogP contribution in [0.3, 0.4) is 0 Å². The lowest BCUT2D eigenvalue weighted by Crippen LogP contribution is -2.20. The summed E-state index contributed by atoms with van der Waals surface area (Å²) in [5.74, 6) is -0.289. The first-order valence-corrected chi connectivity index (χ1v) is 4.41. The highest BCUT2D eigenvalue weighted by molar-refractivity contribution is 5.34. The van der Waals surface area contributed by atoms with Crippen molar-refractivity contribution in [2.24, 2.45) is 5.73 Å². The first-order chi connectivity index (χ1) is 6.18. The molecule has 0 fully saturated rings. The smallest absolute Gasteiger partial charge is 0.123 e. The van der Waals surface area contributed by atoms with Crippen molar-refractivity contribution in [2.75, 3.05) is 0 Å². The van der Waals surface area contributed by atoms with Gasteiger partial charge in [-0.15, -0.1) is 0 Å². The van der Waals surface area contributed by atoms with Crippen LogP contribution in [0.5, 0.6) is 0 Å². The molecule has 2 rings (SSSR count). The zero-order valence-corrected chi connectivity index (χ0v) is 7.20. The van der Waals surface area contributed by atoms with E-state index in [9.17, 15) is 9.50 Å². The highest BCUT2D eigenvalue weighted by Gasteiger charge is 2.23. The number of nitrogens with two attached hydrogens (primary N) is 1. The highest BCUT2D eigenvalue weighted by Crippen LogP contribution is 2.34. The number of halogens is 1. The molecule has 2 atom stereocenters. The van der Waals surface area contributed by atoms with Gasteiger partial charge in [-0.1, -0.05) is 6.07 Å². The molecule has 0 aromatic heterocycles. The van der Waals surface area contributed by atoms with E-state index in [2.05, 4.69) is 0 Å². The van der Waals surface area contributed by atoms with Crippen molar-refractivity contribution in [1.29, 1.82) is 0 Å². The minimum atomic E-state index is -0.476. The van der Waals surface area contributed by atoms with E-state index in [0.29, 0.717) is 6.42 Å². The van der Waals surface area contributed by atoms with Crippen LogP contribution in [-0.2, 0) is 0 Å². The van der Waals surface area contributed by atoms with Crippen LogP contribution in [0.4, 0.5) is 4.39 Å². The van der Waals surface area contributed by atoms with E-state index in [-0.39, 0.29) is 11.9 Å². The van der Waals surface area contributed by atoms with Crippen molar-refractivity contribution < 1.29 is 9.50 Å². The second-order valence-corrected chi connectivity index (χ2v) is 3.47. The van der Waals surface area contributed by atoms with Gasteiger partial charge < -0.3 is 10.8 Å². The Kier molecular flexibility index (Phi) is 2.06. The van der Waals surface area contributed by atoms with Gasteiger partial charge in [0.25, 0.3) is 0 Å². The minimum absolute atomic E-state index is 0.130. The Hall–Kier alpha value is -0.930. The van der Waals surface area contributed by atoms with Gasteiger partial charge in [0.05, 0.1) is 6.10 Å². The van der Waals surface area contributed by atoms with Gasteiger partial charge in [-0.25, -0.2) is 4.39 Å². The molecule has 1 aromatic rings. The third-order valence-corrected chi connectivity index (χ3v) is 2.56. The molecule has 13 heavy (non-hydrogen) atoms. The maximum atomic E-state index is 12.9. The minimum Gasteiger partial charge on any atom is -0.388 e. The van der Waals surface area contributed by atoms with Crippen LogP contribution in [0.2, 0.25) is 0 Å². The Morgan fingerprint density at radius 2 is 2.08 bits per heavy atom. The fourth-order valence-corrected chi connectivity index (χ4v) is 1.82. The summed E-state index contributed by atoms with van der Waals surface area (Å²) in [5, 5.41) is 9.59. The second kappa shape index (κ2) is 3.09. The maximum absolute atomic E-state index is 12.9. The Balaban J connectivity index is 2.50. The third-order valence-electron chi connectivity index (χ3n) is 2.56. The summed E-state index contributed by atoms with van der Waals surface area (Å²) in [4.78, 5) is 0. The third kappa shape index (κ3) is 1.45. The molecule has 0 heterocycles. The van der Waals surface area contributed by atoms with E-state index in [1.165, 1.54) is 12.1 Å². The summed E-state index contributed by atoms with van der Waals surface area (Å²) >= 11 is 0. The Morgan fingerprint density at radius 1 is 1.31 bits per heavy atom. The average Bonchev–Trinajstić information content (AvgIpc) is 2.12. The summed E-state index contributed by atoms with van der Waals surface area (Å²) in [5.41, 5.74) is 7.33. The van der Waals surface area contributed by atoms with Gasteiger partial charge in [0.2, 0.25) is 0 Å². The van der Waals surface area contributed by atoms with Gasteiger partial charge >= 0.3 is 0 Å². The van der Waals surface area contributed by atoms with Crippen LogP contribution in [0, 0.1) is 5.82 Å². The van der Waals surface area contributed by atoms with Gasteiger partial charge in [0.1, 0.15) is 5.82 Å². The number of hydrogen-bond acceptors (Lipinski definition) is 2. The zero-order chi connectivity index (χ0) is 9.42. The summed E-state index contributed by atoms with van der Waals surface area (Å²) in [7, 11) is 0. The summed E-state index contributed by atoms with van der Waals surface area (Å²) < 4.78 is 12.9. The van der Waals surface area contributed by atoms with Crippen LogP contribution in [-0.4, -0.2) is 5.11 Å². The van der Waals surface area contributed by atoms with Crippen molar-refractivity contribution in [1.82, 2.24) is 0 Å². The standard InChI is InChI=1S/C10H12FNO/c11-6-1-2-7-8(5-6)9(12)3-4-10(7)13/h1-2,5,9-10,13H,3-4,12H2/t9-,10-/m1/s1. The highest BCUT2D eigenvalue weighted by atomic mass is 19.1. The molecule has 0 radical (unpaired) electrons. The monoisotopic (exact) mass is 181 g/mol. The van der Waals surface area contributed by atoms with Gasteiger partial charge in [-0.3, -0.25) is 0 Å². The molecule has 0 amide bonds. The average molecular weight is 181 g/mol. The van der Waals surface area contributed by atoms with Crippen molar-refractivity contribution in [3.05, 3.63) is 35.1 Å². The Morgan fingerprint density at radius 3 is 2.85 bits per heavy atom. The summed E-state index contributed by atoms with van der Waals surface area (Å²) in [6.07, 6.45) is 0.910. The molecule has 3 heteroatoms. The molecular formula is C10H12FNO. The fraction of sp³-hybridized carbons (Fsp3) is 0.400. The van der Waals surface area contributed by atoms with Gasteiger partial charge in [-0.2, -0.15) is 0 Å². The van der Waals surface area contributed by atoms with E-state index in [0.717, 1.165) is 17.5 Å². The molecule has 70 valence electrons. The van der Waals surface area contributed by atoms with Gasteiger partial charge in [0.15, 0.2) is 0 Å². The number of aliphatic hydroxyl groups is 1. The molecular weight excluding hydrogens is 169 g/mol. The molecule has 0 bridgehead atoms. The van der Waals surface area contributed by atoms with Crippen molar-refractivity contribution in [2.45, 2.75) is 25.0 Å². The maximum Gasteiger partial charge on any atom is 0.123 e. The number of hydrogen-bond donors (Lipinski definition) is 2. The lowest BCUT2D eigenvalue weighted by atomic mass is 9.86. The number of benzene rings is 1. The molecule has 0 unspecified atom stereocenters. The van der Waals surface area contributed by atoms with Gasteiger partial charge in [-0.05, 0) is 36.1 Å². The molecule has 0 aliphatic heterocycles. The molecule has 3 N–H and O–H groups in total. The van der Waals surface area contributed by atoms with E-state index in [4.69, 9.17) is 5.73 Å². The zero-order valence-electron chi connectivity index (χ0n) is 7.20. The lowest BCUT2D eigenvalue weighted by molar-refractivity contribution is 0.150. The lowest BCUT2D eigenvalue weighted by Gasteiger charge is -2.26. The van der Waals surface area contributed by atoms with E-state index >= 15 is 0 Å². The molecule has 0 saturated carbocycles. The molecule has 0 saturated heterocycles. The van der Waals surface area contributed by atoms with Crippen LogP contribution in [0.25, 0.3) is 0 Å². The van der Waals surface area contributed by atoms with E-state index in [1.807, 2.05) is 0 Å². The summed E-state index contributed by atoms with van der Waals surface area (Å²) in [6, 6.07) is 4.27. The first-order valence-electron chi connectivity index (χ1n) is 4.41. The van der Waals surface area contributed by atoms with Gasteiger partial charge in [0, 0.05) is 6.04 Å². The molecule has 0 spiro atoms. The largest absolute Gasteiger partial charge is 0.388 e. The Labute approximate surface area is 76.2 Å².